The molecule has 1 saturated carbocycles. The zero-order chi connectivity index (χ0) is 13.8. The molecular weight excluding hydrogens is 242 g/mol. The van der Waals surface area contributed by atoms with E-state index in [1.54, 1.807) is 0 Å². The number of imidazole rings is 1. The molecule has 19 heavy (non-hydrogen) atoms. The van der Waals surface area contributed by atoms with Gasteiger partial charge in [-0.25, -0.2) is 4.98 Å². The van der Waals surface area contributed by atoms with Gasteiger partial charge in [0.15, 0.2) is 0 Å². The monoisotopic (exact) mass is 259 g/mol. The van der Waals surface area contributed by atoms with Crippen LogP contribution in [0, 0.1) is 12.3 Å². The molecule has 1 fully saturated rings. The number of carboxylic acid groups (broad SMARTS) is 1. The van der Waals surface area contributed by atoms with E-state index in [0.29, 0.717) is 12.8 Å². The van der Waals surface area contributed by atoms with Crippen LogP contribution >= 0.6 is 0 Å². The summed E-state index contributed by atoms with van der Waals surface area (Å²) in [5.74, 6) is 0.136. The summed E-state index contributed by atoms with van der Waals surface area (Å²) in [6.45, 7) is 1.94. The lowest BCUT2D eigenvalue weighted by Crippen LogP contribution is -2.29. The van der Waals surface area contributed by atoms with Crippen LogP contribution in [0.1, 0.15) is 30.3 Å². The Morgan fingerprint density at radius 3 is 2.79 bits per heavy atom. The van der Waals surface area contributed by atoms with Crippen molar-refractivity contribution in [2.45, 2.75) is 25.8 Å². The first kappa shape index (κ1) is 12.2. The van der Waals surface area contributed by atoms with Crippen molar-refractivity contribution in [3.05, 3.63) is 29.6 Å². The first-order valence-corrected chi connectivity index (χ1v) is 6.38. The molecule has 5 heteroatoms. The predicted octanol–water partition coefficient (Wildman–Crippen LogP) is 1.75. The van der Waals surface area contributed by atoms with Crippen molar-refractivity contribution < 1.29 is 9.90 Å². The van der Waals surface area contributed by atoms with Crippen LogP contribution in [0.5, 0.6) is 0 Å². The maximum Gasteiger partial charge on any atom is 0.311 e. The van der Waals surface area contributed by atoms with E-state index in [9.17, 15) is 9.90 Å². The van der Waals surface area contributed by atoms with Gasteiger partial charge in [-0.2, -0.15) is 0 Å². The Balaban J connectivity index is 2.04. The van der Waals surface area contributed by atoms with Gasteiger partial charge in [-0.3, -0.25) is 4.79 Å². The molecule has 0 amide bonds. The van der Waals surface area contributed by atoms with Crippen molar-refractivity contribution in [1.29, 1.82) is 0 Å². The van der Waals surface area contributed by atoms with Crippen LogP contribution in [-0.4, -0.2) is 20.6 Å². The van der Waals surface area contributed by atoms with Gasteiger partial charge in [0.1, 0.15) is 5.82 Å². The summed E-state index contributed by atoms with van der Waals surface area (Å²) in [5, 5.41) is 9.30. The number of nitrogens with zero attached hydrogens (tertiary/aromatic N) is 2. The van der Waals surface area contributed by atoms with E-state index in [4.69, 9.17) is 5.73 Å². The van der Waals surface area contributed by atoms with E-state index < -0.39 is 17.4 Å². The zero-order valence-corrected chi connectivity index (χ0v) is 11.1. The SMILES string of the molecule is Cc1nc2cc(C(N)C3(C(=O)O)CC3)ccc2n1C. The van der Waals surface area contributed by atoms with E-state index in [1.807, 2.05) is 36.7 Å². The van der Waals surface area contributed by atoms with Crippen LogP contribution < -0.4 is 5.73 Å². The third-order valence-electron chi connectivity index (χ3n) is 4.30. The highest BCUT2D eigenvalue weighted by Crippen LogP contribution is 2.54. The van der Waals surface area contributed by atoms with Crippen molar-refractivity contribution in [2.75, 3.05) is 0 Å². The van der Waals surface area contributed by atoms with E-state index in [1.165, 1.54) is 0 Å². The smallest absolute Gasteiger partial charge is 0.311 e. The molecule has 0 radical (unpaired) electrons. The molecule has 2 aromatic rings. The average Bonchev–Trinajstić information content (AvgIpc) is 3.13. The van der Waals surface area contributed by atoms with Crippen molar-refractivity contribution in [3.63, 3.8) is 0 Å². The maximum absolute atomic E-state index is 11.3. The van der Waals surface area contributed by atoms with Crippen LogP contribution in [0.2, 0.25) is 0 Å². The van der Waals surface area contributed by atoms with Crippen molar-refractivity contribution in [1.82, 2.24) is 9.55 Å². The number of aromatic nitrogens is 2. The number of nitrogens with two attached hydrogens (primary N) is 1. The highest BCUT2D eigenvalue weighted by Gasteiger charge is 2.55. The molecule has 1 aromatic carbocycles. The van der Waals surface area contributed by atoms with Crippen molar-refractivity contribution in [3.8, 4) is 0 Å². The van der Waals surface area contributed by atoms with Crippen molar-refractivity contribution in [2.24, 2.45) is 18.2 Å². The van der Waals surface area contributed by atoms with E-state index in [-0.39, 0.29) is 0 Å². The molecule has 1 aliphatic carbocycles. The second kappa shape index (κ2) is 3.81. The van der Waals surface area contributed by atoms with Gasteiger partial charge in [-0.05, 0) is 37.5 Å². The fraction of sp³-hybridized carbons (Fsp3) is 0.429. The van der Waals surface area contributed by atoms with Gasteiger partial charge in [0.05, 0.1) is 16.4 Å². The maximum atomic E-state index is 11.3. The van der Waals surface area contributed by atoms with Gasteiger partial charge in [-0.1, -0.05) is 6.07 Å². The highest BCUT2D eigenvalue weighted by molar-refractivity contribution is 5.81. The molecule has 0 bridgehead atoms. The number of aliphatic carboxylic acids is 1. The Morgan fingerprint density at radius 1 is 1.53 bits per heavy atom. The lowest BCUT2D eigenvalue weighted by Gasteiger charge is -2.19. The molecular formula is C14H17N3O2. The summed E-state index contributed by atoms with van der Waals surface area (Å²) < 4.78 is 2.01. The third kappa shape index (κ3) is 1.65. The first-order chi connectivity index (χ1) is 8.95. The minimum Gasteiger partial charge on any atom is -0.481 e. The molecule has 5 nitrogen and oxygen atoms in total. The predicted molar refractivity (Wildman–Crippen MR) is 71.7 cm³/mol. The molecule has 1 aromatic heterocycles. The average molecular weight is 259 g/mol. The molecule has 1 unspecified atom stereocenters. The van der Waals surface area contributed by atoms with Crippen LogP contribution in [0.3, 0.4) is 0 Å². The summed E-state index contributed by atoms with van der Waals surface area (Å²) in [4.78, 5) is 15.8. The number of hydrogen-bond acceptors (Lipinski definition) is 3. The number of aryl methyl sites for hydroxylation is 2. The molecule has 0 spiro atoms. The van der Waals surface area contributed by atoms with Gasteiger partial charge in [-0.15, -0.1) is 0 Å². The van der Waals surface area contributed by atoms with Crippen molar-refractivity contribution >= 4 is 17.0 Å². The van der Waals surface area contributed by atoms with Crippen LogP contribution in [-0.2, 0) is 11.8 Å². The normalized spacial score (nSPS) is 18.5. The number of hydrogen-bond donors (Lipinski definition) is 2. The molecule has 1 heterocycles. The van der Waals surface area contributed by atoms with Gasteiger partial charge in [0.25, 0.3) is 0 Å². The zero-order valence-electron chi connectivity index (χ0n) is 11.1. The lowest BCUT2D eigenvalue weighted by molar-refractivity contribution is -0.144. The Kier molecular flexibility index (Phi) is 2.44. The summed E-state index contributed by atoms with van der Waals surface area (Å²) in [6.07, 6.45) is 1.31. The quantitative estimate of drug-likeness (QED) is 0.879. The second-order valence-corrected chi connectivity index (χ2v) is 5.41. The largest absolute Gasteiger partial charge is 0.481 e. The van der Waals surface area contributed by atoms with Gasteiger partial charge < -0.3 is 15.4 Å². The number of benzene rings is 1. The molecule has 1 aliphatic rings. The Labute approximate surface area is 111 Å². The highest BCUT2D eigenvalue weighted by atomic mass is 16.4. The van der Waals surface area contributed by atoms with Gasteiger partial charge in [0.2, 0.25) is 0 Å². The van der Waals surface area contributed by atoms with Crippen LogP contribution in [0.4, 0.5) is 0 Å². The molecule has 0 aliphatic heterocycles. The second-order valence-electron chi connectivity index (χ2n) is 5.41. The molecule has 0 saturated heterocycles. The number of fused-ring (bicyclic) bond motifs is 1. The summed E-state index contributed by atoms with van der Waals surface area (Å²) in [5.41, 5.74) is 8.15. The number of carbonyl (C=O) groups is 1. The summed E-state index contributed by atoms with van der Waals surface area (Å²) >= 11 is 0. The Bertz CT molecular complexity index is 671. The molecule has 100 valence electrons. The first-order valence-electron chi connectivity index (χ1n) is 6.38. The van der Waals surface area contributed by atoms with Gasteiger partial charge in [0, 0.05) is 13.1 Å². The van der Waals surface area contributed by atoms with E-state index in [2.05, 4.69) is 4.98 Å². The standard InChI is InChI=1S/C14H17N3O2/c1-8-16-10-7-9(3-4-11(10)17(8)2)12(15)14(5-6-14)13(18)19/h3-4,7,12H,5-6,15H2,1-2H3,(H,18,19). The van der Waals surface area contributed by atoms with Crippen LogP contribution in [0.15, 0.2) is 18.2 Å². The minimum atomic E-state index is -0.794. The topological polar surface area (TPSA) is 81.1 Å². The van der Waals surface area contributed by atoms with E-state index in [0.717, 1.165) is 22.4 Å². The fourth-order valence-corrected chi connectivity index (χ4v) is 2.64. The van der Waals surface area contributed by atoms with E-state index >= 15 is 0 Å². The Hall–Kier alpha value is -1.88. The molecule has 3 rings (SSSR count). The summed E-state index contributed by atoms with van der Waals surface area (Å²) in [6, 6.07) is 5.33. The molecule has 3 N–H and O–H groups in total. The van der Waals surface area contributed by atoms with Gasteiger partial charge >= 0.3 is 5.97 Å². The third-order valence-corrected chi connectivity index (χ3v) is 4.30. The number of carboxylic acids is 1. The Morgan fingerprint density at radius 2 is 2.21 bits per heavy atom. The fourth-order valence-electron chi connectivity index (χ4n) is 2.64. The minimum absolute atomic E-state index is 0.461. The molecule has 1 atom stereocenters. The summed E-state index contributed by atoms with van der Waals surface area (Å²) in [7, 11) is 1.96. The van der Waals surface area contributed by atoms with Crippen LogP contribution in [0.25, 0.3) is 11.0 Å². The number of rotatable bonds is 3. The lowest BCUT2D eigenvalue weighted by atomic mass is 9.91.